The summed E-state index contributed by atoms with van der Waals surface area (Å²) in [4.78, 5) is 0. The zero-order valence-corrected chi connectivity index (χ0v) is 26.6. The third-order valence-electron chi connectivity index (χ3n) is 12.3. The van der Waals surface area contributed by atoms with E-state index in [2.05, 4.69) is 54.3 Å². The Bertz CT molecular complexity index is 702. The number of hydrogen-bond acceptors (Lipinski definition) is 2. The summed E-state index contributed by atoms with van der Waals surface area (Å²) in [5, 5.41) is 10.8. The lowest BCUT2D eigenvalue weighted by atomic mass is 9.44. The lowest BCUT2D eigenvalue weighted by Crippen LogP contribution is -2.53. The second-order valence-corrected chi connectivity index (χ2v) is 25.0. The lowest BCUT2D eigenvalue weighted by molar-refractivity contribution is -0.114. The van der Waals surface area contributed by atoms with Crippen LogP contribution in [0.4, 0.5) is 0 Å². The van der Waals surface area contributed by atoms with Gasteiger partial charge in [0.2, 0.25) is 0 Å². The highest BCUT2D eigenvalue weighted by molar-refractivity contribution is 8.28. The van der Waals surface area contributed by atoms with Gasteiger partial charge >= 0.3 is 0 Å². The fourth-order valence-corrected chi connectivity index (χ4v) is 14.3. The Morgan fingerprint density at radius 2 is 1.54 bits per heavy atom. The standard InChI is InChI=1S/C32H60OSSi/c1-22(2)24(21-30(33)34-35(6,7)8)13-12-23(3)27-16-17-28-26-15-14-25-11-9-10-19-31(25,4)29(26)18-20-32(27,28)5/h22-30,33H,9-21H2,1-8H3/t23-,24+,25?,26+,27-,28+,29+,30?,31+,32-/m1/s1. The normalized spacial score (nSPS) is 42.2. The summed E-state index contributed by atoms with van der Waals surface area (Å²) in [5.41, 5.74) is 1.11. The Hall–Kier alpha value is 0.527. The molecule has 0 saturated heterocycles. The van der Waals surface area contributed by atoms with Gasteiger partial charge in [0.15, 0.2) is 0 Å². The fourth-order valence-electron chi connectivity index (χ4n) is 10.4. The van der Waals surface area contributed by atoms with Crippen LogP contribution >= 0.6 is 11.2 Å². The molecule has 4 aliphatic carbocycles. The Morgan fingerprint density at radius 3 is 2.23 bits per heavy atom. The molecule has 0 bridgehead atoms. The first-order valence-electron chi connectivity index (χ1n) is 15.7. The first kappa shape index (κ1) is 28.5. The van der Waals surface area contributed by atoms with Gasteiger partial charge in [-0.3, -0.25) is 0 Å². The molecule has 0 amide bonds. The molecule has 204 valence electrons. The van der Waals surface area contributed by atoms with E-state index in [4.69, 9.17) is 0 Å². The van der Waals surface area contributed by atoms with Crippen LogP contribution < -0.4 is 0 Å². The second kappa shape index (κ2) is 11.0. The zero-order valence-electron chi connectivity index (χ0n) is 24.7. The van der Waals surface area contributed by atoms with Gasteiger partial charge in [0.05, 0.1) is 5.44 Å². The monoisotopic (exact) mass is 520 g/mol. The van der Waals surface area contributed by atoms with Crippen LogP contribution in [-0.4, -0.2) is 17.8 Å². The van der Waals surface area contributed by atoms with Gasteiger partial charge in [-0.25, -0.2) is 0 Å². The van der Waals surface area contributed by atoms with Crippen molar-refractivity contribution in [2.45, 2.75) is 143 Å². The maximum absolute atomic E-state index is 10.8. The highest BCUT2D eigenvalue weighted by Gasteiger charge is 2.60. The average molecular weight is 521 g/mol. The van der Waals surface area contributed by atoms with Gasteiger partial charge in [-0.1, -0.05) is 73.5 Å². The van der Waals surface area contributed by atoms with Crippen LogP contribution in [0.5, 0.6) is 0 Å². The van der Waals surface area contributed by atoms with Crippen LogP contribution in [0.1, 0.15) is 118 Å². The van der Waals surface area contributed by atoms with Crippen LogP contribution in [-0.2, 0) is 0 Å². The molecule has 35 heavy (non-hydrogen) atoms. The molecule has 4 fully saturated rings. The van der Waals surface area contributed by atoms with Crippen molar-refractivity contribution >= 4 is 18.4 Å². The maximum atomic E-state index is 10.8. The first-order valence-corrected chi connectivity index (χ1v) is 20.8. The third kappa shape index (κ3) is 5.92. The van der Waals surface area contributed by atoms with Crippen LogP contribution in [0.3, 0.4) is 0 Å². The molecule has 2 unspecified atom stereocenters. The van der Waals surface area contributed by atoms with Gasteiger partial charge < -0.3 is 5.11 Å². The Morgan fingerprint density at radius 1 is 0.829 bits per heavy atom. The average Bonchev–Trinajstić information content (AvgIpc) is 3.12. The van der Waals surface area contributed by atoms with Gasteiger partial charge in [0, 0.05) is 0 Å². The van der Waals surface area contributed by atoms with Crippen LogP contribution in [0.2, 0.25) is 19.6 Å². The van der Waals surface area contributed by atoms with Crippen molar-refractivity contribution in [3.8, 4) is 0 Å². The number of aliphatic hydroxyl groups is 1. The van der Waals surface area contributed by atoms with E-state index in [0.717, 1.165) is 41.9 Å². The molecular formula is C32H60OSSi. The molecule has 3 heteroatoms. The predicted octanol–water partition coefficient (Wildman–Crippen LogP) is 10.0. The zero-order chi connectivity index (χ0) is 25.6. The van der Waals surface area contributed by atoms with Crippen molar-refractivity contribution in [1.82, 2.24) is 0 Å². The molecule has 0 heterocycles. The Balaban J connectivity index is 1.37. The van der Waals surface area contributed by atoms with Crippen LogP contribution in [0.15, 0.2) is 0 Å². The van der Waals surface area contributed by atoms with E-state index >= 15 is 0 Å². The molecule has 4 aliphatic rings. The molecule has 0 radical (unpaired) electrons. The number of rotatable bonds is 9. The van der Waals surface area contributed by atoms with Crippen molar-refractivity contribution in [1.29, 1.82) is 0 Å². The van der Waals surface area contributed by atoms with E-state index in [-0.39, 0.29) is 5.44 Å². The molecule has 4 rings (SSSR count). The topological polar surface area (TPSA) is 20.2 Å². The van der Waals surface area contributed by atoms with Crippen molar-refractivity contribution in [2.75, 3.05) is 0 Å². The minimum atomic E-state index is -1.28. The van der Waals surface area contributed by atoms with Gasteiger partial charge in [0.1, 0.15) is 7.22 Å². The van der Waals surface area contributed by atoms with E-state index in [1.165, 1.54) is 70.6 Å². The quantitative estimate of drug-likeness (QED) is 0.241. The number of fused-ring (bicyclic) bond motifs is 5. The molecule has 0 aromatic heterocycles. The second-order valence-electron chi connectivity index (χ2n) is 15.6. The van der Waals surface area contributed by atoms with E-state index in [1.54, 1.807) is 6.42 Å². The third-order valence-corrected chi connectivity index (χ3v) is 16.4. The van der Waals surface area contributed by atoms with E-state index in [9.17, 15) is 5.11 Å². The smallest absolute Gasteiger partial charge is 0.111 e. The molecule has 10 atom stereocenters. The SMILES string of the molecule is CC(C)[C@@H](CC[C@@H](C)[C@H]1CC[C@H]2[C@@H]3CCC4CCCC[C@]4(C)[C@H]3CC[C@]12C)CC(O)S[Si](C)(C)C. The molecule has 0 aliphatic heterocycles. The maximum Gasteiger partial charge on any atom is 0.111 e. The summed E-state index contributed by atoms with van der Waals surface area (Å²) in [5.74, 6) is 7.22. The van der Waals surface area contributed by atoms with Gasteiger partial charge in [-0.2, -0.15) is 11.2 Å². The van der Waals surface area contributed by atoms with Gasteiger partial charge in [-0.15, -0.1) is 0 Å². The fraction of sp³-hybridized carbons (Fsp3) is 1.00. The van der Waals surface area contributed by atoms with Gasteiger partial charge in [0.25, 0.3) is 0 Å². The molecule has 0 spiro atoms. The summed E-state index contributed by atoms with van der Waals surface area (Å²) < 4.78 is 0. The summed E-state index contributed by atoms with van der Waals surface area (Å²) in [6.07, 6.45) is 18.9. The van der Waals surface area contributed by atoms with Gasteiger partial charge in [-0.05, 0) is 122 Å². The molecule has 1 nitrogen and oxygen atoms in total. The summed E-state index contributed by atoms with van der Waals surface area (Å²) in [6.45, 7) is 19.9. The highest BCUT2D eigenvalue weighted by Crippen LogP contribution is 2.68. The summed E-state index contributed by atoms with van der Waals surface area (Å²) in [6, 6.07) is 0. The molecule has 0 aromatic rings. The van der Waals surface area contributed by atoms with Crippen molar-refractivity contribution in [3.05, 3.63) is 0 Å². The Kier molecular flexibility index (Phi) is 8.93. The predicted molar refractivity (Wildman–Crippen MR) is 158 cm³/mol. The summed E-state index contributed by atoms with van der Waals surface area (Å²) in [7, 11) is -1.28. The minimum absolute atomic E-state index is 0.163. The van der Waals surface area contributed by atoms with Crippen molar-refractivity contribution < 1.29 is 5.11 Å². The van der Waals surface area contributed by atoms with Crippen molar-refractivity contribution in [2.24, 2.45) is 58.2 Å². The Labute approximate surface area is 224 Å². The summed E-state index contributed by atoms with van der Waals surface area (Å²) >= 11 is 1.89. The molecule has 4 saturated carbocycles. The lowest BCUT2D eigenvalue weighted by Gasteiger charge is -2.61. The number of aliphatic hydroxyl groups excluding tert-OH is 1. The highest BCUT2D eigenvalue weighted by atomic mass is 32.4. The number of hydrogen-bond donors (Lipinski definition) is 1. The minimum Gasteiger partial charge on any atom is -0.383 e. The van der Waals surface area contributed by atoms with Crippen LogP contribution in [0.25, 0.3) is 0 Å². The van der Waals surface area contributed by atoms with E-state index in [0.29, 0.717) is 22.7 Å². The van der Waals surface area contributed by atoms with E-state index < -0.39 is 7.22 Å². The molecular weight excluding hydrogens is 461 g/mol. The largest absolute Gasteiger partial charge is 0.383 e. The molecule has 1 N–H and O–H groups in total. The van der Waals surface area contributed by atoms with Crippen LogP contribution in [0, 0.1) is 58.2 Å². The first-order chi connectivity index (χ1) is 16.3. The molecule has 0 aromatic carbocycles. The van der Waals surface area contributed by atoms with Crippen molar-refractivity contribution in [3.63, 3.8) is 0 Å². The van der Waals surface area contributed by atoms with E-state index in [1.807, 2.05) is 11.2 Å².